The van der Waals surface area contributed by atoms with Crippen LogP contribution < -0.4 is 10.6 Å². The van der Waals surface area contributed by atoms with E-state index in [2.05, 4.69) is 15.6 Å². The molecule has 1 aliphatic heterocycles. The van der Waals surface area contributed by atoms with E-state index in [4.69, 9.17) is 0 Å². The van der Waals surface area contributed by atoms with E-state index < -0.39 is 0 Å². The van der Waals surface area contributed by atoms with Gasteiger partial charge in [-0.15, -0.1) is 0 Å². The van der Waals surface area contributed by atoms with Crippen LogP contribution in [0.4, 0.5) is 5.82 Å². The Morgan fingerprint density at radius 1 is 1.50 bits per heavy atom. The molecule has 0 saturated carbocycles. The van der Waals surface area contributed by atoms with Crippen LogP contribution in [0.5, 0.6) is 0 Å². The number of hydrogen-bond acceptors (Lipinski definition) is 3. The van der Waals surface area contributed by atoms with Gasteiger partial charge in [-0.3, -0.25) is 0 Å². The molecule has 3 nitrogen and oxygen atoms in total. The van der Waals surface area contributed by atoms with E-state index in [-0.39, 0.29) is 0 Å². The molecule has 76 valence electrons. The molecule has 1 saturated heterocycles. The van der Waals surface area contributed by atoms with Crippen LogP contribution in [0, 0.1) is 0 Å². The van der Waals surface area contributed by atoms with Gasteiger partial charge in [0.05, 0.1) is 0 Å². The SMILES string of the molecule is c1ccc(NCC[C@H]2CCCN2)nc1. The Bertz CT molecular complexity index is 254. The smallest absolute Gasteiger partial charge is 0.125 e. The number of nitrogens with one attached hydrogen (secondary N) is 2. The van der Waals surface area contributed by atoms with Gasteiger partial charge in [0.1, 0.15) is 5.82 Å². The second-order valence-corrected chi connectivity index (χ2v) is 3.72. The standard InChI is InChI=1S/C11H17N3/c1-2-7-13-11(5-1)14-9-6-10-4-3-8-12-10/h1-2,5,7,10,12H,3-4,6,8-9H2,(H,13,14)/t10-/m1/s1. The van der Waals surface area contributed by atoms with Crippen molar-refractivity contribution in [3.8, 4) is 0 Å². The normalized spacial score (nSPS) is 21.0. The van der Waals surface area contributed by atoms with Crippen LogP contribution in [0.25, 0.3) is 0 Å². The minimum absolute atomic E-state index is 0.714. The summed E-state index contributed by atoms with van der Waals surface area (Å²) in [5.41, 5.74) is 0. The van der Waals surface area contributed by atoms with E-state index in [9.17, 15) is 0 Å². The van der Waals surface area contributed by atoms with Crippen LogP contribution in [-0.4, -0.2) is 24.1 Å². The van der Waals surface area contributed by atoms with Crippen LogP contribution in [0.3, 0.4) is 0 Å². The lowest BCUT2D eigenvalue weighted by atomic mass is 10.1. The average molecular weight is 191 g/mol. The van der Waals surface area contributed by atoms with Crippen molar-refractivity contribution in [1.82, 2.24) is 10.3 Å². The maximum absolute atomic E-state index is 4.21. The van der Waals surface area contributed by atoms with E-state index >= 15 is 0 Å². The fraction of sp³-hybridized carbons (Fsp3) is 0.545. The third-order valence-electron chi connectivity index (χ3n) is 2.63. The van der Waals surface area contributed by atoms with Crippen molar-refractivity contribution in [3.63, 3.8) is 0 Å². The van der Waals surface area contributed by atoms with Crippen molar-refractivity contribution >= 4 is 5.82 Å². The third-order valence-corrected chi connectivity index (χ3v) is 2.63. The summed E-state index contributed by atoms with van der Waals surface area (Å²) in [7, 11) is 0. The Morgan fingerprint density at radius 2 is 2.50 bits per heavy atom. The molecule has 0 amide bonds. The lowest BCUT2D eigenvalue weighted by Crippen LogP contribution is -2.24. The van der Waals surface area contributed by atoms with Gasteiger partial charge < -0.3 is 10.6 Å². The molecule has 1 aromatic heterocycles. The molecular weight excluding hydrogens is 174 g/mol. The summed E-state index contributed by atoms with van der Waals surface area (Å²) in [5.74, 6) is 0.977. The first kappa shape index (κ1) is 9.46. The van der Waals surface area contributed by atoms with Crippen molar-refractivity contribution in [3.05, 3.63) is 24.4 Å². The van der Waals surface area contributed by atoms with Gasteiger partial charge in [0, 0.05) is 18.8 Å². The molecule has 3 heteroatoms. The Kier molecular flexibility index (Phi) is 3.35. The number of rotatable bonds is 4. The van der Waals surface area contributed by atoms with E-state index in [1.165, 1.54) is 25.8 Å². The average Bonchev–Trinajstić information content (AvgIpc) is 2.72. The van der Waals surface area contributed by atoms with Crippen LogP contribution in [0.2, 0.25) is 0 Å². The quantitative estimate of drug-likeness (QED) is 0.759. The van der Waals surface area contributed by atoms with Crippen molar-refractivity contribution in [1.29, 1.82) is 0 Å². The predicted octanol–water partition coefficient (Wildman–Crippen LogP) is 1.64. The van der Waals surface area contributed by atoms with E-state index in [0.717, 1.165) is 12.4 Å². The summed E-state index contributed by atoms with van der Waals surface area (Å²) in [6.45, 7) is 2.20. The molecule has 1 atom stereocenters. The van der Waals surface area contributed by atoms with Gasteiger partial charge >= 0.3 is 0 Å². The van der Waals surface area contributed by atoms with E-state index in [1.807, 2.05) is 24.4 Å². The first-order valence-electron chi connectivity index (χ1n) is 5.33. The summed E-state index contributed by atoms with van der Waals surface area (Å²) < 4.78 is 0. The minimum Gasteiger partial charge on any atom is -0.370 e. The Balaban J connectivity index is 1.67. The van der Waals surface area contributed by atoms with E-state index in [1.54, 1.807) is 0 Å². The third kappa shape index (κ3) is 2.70. The van der Waals surface area contributed by atoms with Crippen molar-refractivity contribution in [2.24, 2.45) is 0 Å². The van der Waals surface area contributed by atoms with Gasteiger partial charge in [-0.1, -0.05) is 6.07 Å². The van der Waals surface area contributed by atoms with Gasteiger partial charge in [0.2, 0.25) is 0 Å². The van der Waals surface area contributed by atoms with Gasteiger partial charge in [0.15, 0.2) is 0 Å². The minimum atomic E-state index is 0.714. The summed E-state index contributed by atoms with van der Waals surface area (Å²) in [4.78, 5) is 4.21. The lowest BCUT2D eigenvalue weighted by molar-refractivity contribution is 0.574. The molecule has 2 N–H and O–H groups in total. The predicted molar refractivity (Wildman–Crippen MR) is 58.4 cm³/mol. The second-order valence-electron chi connectivity index (χ2n) is 3.72. The highest BCUT2D eigenvalue weighted by molar-refractivity contribution is 5.32. The van der Waals surface area contributed by atoms with Crippen molar-refractivity contribution in [2.75, 3.05) is 18.4 Å². The summed E-state index contributed by atoms with van der Waals surface area (Å²) >= 11 is 0. The second kappa shape index (κ2) is 4.96. The highest BCUT2D eigenvalue weighted by atomic mass is 15.0. The molecule has 0 aromatic carbocycles. The molecule has 1 aromatic rings. The van der Waals surface area contributed by atoms with Crippen LogP contribution in [0.15, 0.2) is 24.4 Å². The molecule has 0 spiro atoms. The molecular formula is C11H17N3. The molecule has 2 heterocycles. The van der Waals surface area contributed by atoms with Crippen molar-refractivity contribution in [2.45, 2.75) is 25.3 Å². The Labute approximate surface area is 84.9 Å². The fourth-order valence-corrected chi connectivity index (χ4v) is 1.84. The zero-order valence-electron chi connectivity index (χ0n) is 8.37. The molecule has 1 aliphatic rings. The molecule has 0 aliphatic carbocycles. The number of pyridine rings is 1. The largest absolute Gasteiger partial charge is 0.370 e. The monoisotopic (exact) mass is 191 g/mol. The van der Waals surface area contributed by atoms with Crippen molar-refractivity contribution < 1.29 is 0 Å². The van der Waals surface area contributed by atoms with E-state index in [0.29, 0.717) is 6.04 Å². The summed E-state index contributed by atoms with van der Waals surface area (Å²) in [6, 6.07) is 6.65. The van der Waals surface area contributed by atoms with Crippen LogP contribution >= 0.6 is 0 Å². The zero-order chi connectivity index (χ0) is 9.64. The molecule has 0 bridgehead atoms. The fourth-order valence-electron chi connectivity index (χ4n) is 1.84. The Morgan fingerprint density at radius 3 is 3.21 bits per heavy atom. The van der Waals surface area contributed by atoms with Gasteiger partial charge in [-0.2, -0.15) is 0 Å². The van der Waals surface area contributed by atoms with Gasteiger partial charge in [-0.25, -0.2) is 4.98 Å². The highest BCUT2D eigenvalue weighted by Gasteiger charge is 2.12. The molecule has 2 rings (SSSR count). The highest BCUT2D eigenvalue weighted by Crippen LogP contribution is 2.09. The number of anilines is 1. The molecule has 0 unspecified atom stereocenters. The summed E-state index contributed by atoms with van der Waals surface area (Å²) in [5, 5.41) is 6.80. The Hall–Kier alpha value is -1.09. The molecule has 0 radical (unpaired) electrons. The molecule has 1 fully saturated rings. The summed E-state index contributed by atoms with van der Waals surface area (Å²) in [6.07, 6.45) is 5.66. The number of aromatic nitrogens is 1. The maximum Gasteiger partial charge on any atom is 0.125 e. The topological polar surface area (TPSA) is 37.0 Å². The number of nitrogens with zero attached hydrogens (tertiary/aromatic N) is 1. The van der Waals surface area contributed by atoms with Gasteiger partial charge in [-0.05, 0) is 37.9 Å². The molecule has 14 heavy (non-hydrogen) atoms. The number of hydrogen-bond donors (Lipinski definition) is 2. The maximum atomic E-state index is 4.21. The first-order valence-corrected chi connectivity index (χ1v) is 5.33. The van der Waals surface area contributed by atoms with Crippen LogP contribution in [0.1, 0.15) is 19.3 Å². The van der Waals surface area contributed by atoms with Crippen LogP contribution in [-0.2, 0) is 0 Å². The van der Waals surface area contributed by atoms with Gasteiger partial charge in [0.25, 0.3) is 0 Å². The lowest BCUT2D eigenvalue weighted by Gasteiger charge is -2.10. The zero-order valence-corrected chi connectivity index (χ0v) is 8.37. The first-order chi connectivity index (χ1) is 6.95.